The Labute approximate surface area is 233 Å². The summed E-state index contributed by atoms with van der Waals surface area (Å²) in [5.41, 5.74) is 5.09. The lowest BCUT2D eigenvalue weighted by atomic mass is 9.94. The van der Waals surface area contributed by atoms with Crippen molar-refractivity contribution in [2.75, 3.05) is 30.5 Å². The van der Waals surface area contributed by atoms with Gasteiger partial charge in [0, 0.05) is 66.6 Å². The number of halogens is 1. The van der Waals surface area contributed by atoms with Crippen LogP contribution in [0.3, 0.4) is 0 Å². The van der Waals surface area contributed by atoms with Gasteiger partial charge in [0.1, 0.15) is 5.82 Å². The number of pyridine rings is 1. The summed E-state index contributed by atoms with van der Waals surface area (Å²) >= 11 is 0. The molecular weight excluding hydrogens is 511 g/mol. The summed E-state index contributed by atoms with van der Waals surface area (Å²) in [4.78, 5) is 43.2. The molecule has 1 aliphatic rings. The summed E-state index contributed by atoms with van der Waals surface area (Å²) in [7, 11) is 1.98. The van der Waals surface area contributed by atoms with Gasteiger partial charge in [-0.25, -0.2) is 4.39 Å². The predicted octanol–water partition coefficient (Wildman–Crippen LogP) is 4.78. The van der Waals surface area contributed by atoms with E-state index < -0.39 is 11.7 Å². The molecule has 0 saturated carbocycles. The average molecular weight is 547 g/mol. The first-order valence-electron chi connectivity index (χ1n) is 13.2. The molecular formula is C31H35FN4O4. The lowest BCUT2D eigenvalue weighted by Gasteiger charge is -2.34. The van der Waals surface area contributed by atoms with Crippen LogP contribution in [0.5, 0.6) is 0 Å². The lowest BCUT2D eigenvalue weighted by molar-refractivity contribution is -0.111. The second-order valence-corrected chi connectivity index (χ2v) is 10.1. The molecule has 8 nitrogen and oxygen atoms in total. The zero-order valence-corrected chi connectivity index (χ0v) is 23.3. The molecule has 2 heterocycles. The molecule has 0 radical (unpaired) electrons. The van der Waals surface area contributed by atoms with Crippen molar-refractivity contribution in [3.63, 3.8) is 0 Å². The van der Waals surface area contributed by atoms with E-state index in [2.05, 4.69) is 27.1 Å². The van der Waals surface area contributed by atoms with Gasteiger partial charge in [-0.15, -0.1) is 0 Å². The fraction of sp³-hybridized carbons (Fsp3) is 0.323. The Morgan fingerprint density at radius 2 is 1.88 bits per heavy atom. The normalized spacial score (nSPS) is 13.5. The molecule has 2 aromatic carbocycles. The average Bonchev–Trinajstić information content (AvgIpc) is 2.93. The van der Waals surface area contributed by atoms with Crippen LogP contribution in [0.4, 0.5) is 15.8 Å². The Bertz CT molecular complexity index is 1510. The number of aryl methyl sites for hydroxylation is 2. The second-order valence-electron chi connectivity index (χ2n) is 10.1. The first-order valence-corrected chi connectivity index (χ1v) is 13.2. The van der Waals surface area contributed by atoms with E-state index in [1.165, 1.54) is 18.2 Å². The van der Waals surface area contributed by atoms with Crippen LogP contribution in [-0.2, 0) is 16.1 Å². The Hall–Kier alpha value is -4.24. The number of carbonyl (C=O) groups is 2. The molecule has 0 atom stereocenters. The number of aromatic nitrogens is 1. The maximum absolute atomic E-state index is 14.5. The summed E-state index contributed by atoms with van der Waals surface area (Å²) in [5.74, 6) is -1.28. The molecule has 3 aromatic rings. The van der Waals surface area contributed by atoms with Crippen LogP contribution in [0.1, 0.15) is 45.6 Å². The van der Waals surface area contributed by atoms with Gasteiger partial charge in [-0.05, 0) is 92.8 Å². The van der Waals surface area contributed by atoms with Gasteiger partial charge in [-0.3, -0.25) is 14.4 Å². The molecule has 1 fully saturated rings. The number of nitrogens with one attached hydrogen (secondary N) is 3. The maximum atomic E-state index is 14.5. The largest absolute Gasteiger partial charge is 0.381 e. The quantitative estimate of drug-likeness (QED) is 0.353. The molecule has 0 bridgehead atoms. The molecule has 3 N–H and O–H groups in total. The number of nitrogens with zero attached hydrogens (tertiary/aromatic N) is 1. The minimum Gasteiger partial charge on any atom is -0.381 e. The van der Waals surface area contributed by atoms with Gasteiger partial charge in [0.2, 0.25) is 5.91 Å². The minimum absolute atomic E-state index is 0.0513. The van der Waals surface area contributed by atoms with Gasteiger partial charge >= 0.3 is 0 Å². The number of rotatable bonds is 8. The first-order chi connectivity index (χ1) is 19.1. The van der Waals surface area contributed by atoms with Crippen LogP contribution in [0.2, 0.25) is 0 Å². The number of ether oxygens (including phenoxy) is 1. The zero-order chi connectivity index (χ0) is 29.0. The summed E-state index contributed by atoms with van der Waals surface area (Å²) in [6.45, 7) is 10.4. The molecule has 210 valence electrons. The molecule has 40 heavy (non-hydrogen) atoms. The second kappa shape index (κ2) is 12.3. The summed E-state index contributed by atoms with van der Waals surface area (Å²) in [6, 6.07) is 9.74. The van der Waals surface area contributed by atoms with E-state index in [-0.39, 0.29) is 24.1 Å². The van der Waals surface area contributed by atoms with Crippen molar-refractivity contribution in [3.05, 3.63) is 93.2 Å². The number of amides is 2. The Kier molecular flexibility index (Phi) is 8.84. The highest BCUT2D eigenvalue weighted by atomic mass is 19.1. The highest BCUT2D eigenvalue weighted by molar-refractivity contribution is 6.03. The molecule has 0 aliphatic carbocycles. The van der Waals surface area contributed by atoms with Crippen molar-refractivity contribution in [2.45, 2.75) is 46.2 Å². The van der Waals surface area contributed by atoms with Crippen molar-refractivity contribution in [2.24, 2.45) is 0 Å². The van der Waals surface area contributed by atoms with Gasteiger partial charge < -0.3 is 25.3 Å². The Morgan fingerprint density at radius 3 is 2.55 bits per heavy atom. The third-order valence-electron chi connectivity index (χ3n) is 7.40. The van der Waals surface area contributed by atoms with Crippen LogP contribution >= 0.6 is 0 Å². The van der Waals surface area contributed by atoms with E-state index >= 15 is 0 Å². The maximum Gasteiger partial charge on any atom is 0.253 e. The smallest absolute Gasteiger partial charge is 0.253 e. The van der Waals surface area contributed by atoms with E-state index in [4.69, 9.17) is 4.74 Å². The highest BCUT2D eigenvalue weighted by Gasteiger charge is 2.24. The fourth-order valence-electron chi connectivity index (χ4n) is 5.14. The van der Waals surface area contributed by atoms with Gasteiger partial charge in [0.15, 0.2) is 0 Å². The number of carbonyl (C=O) groups excluding carboxylic acids is 2. The number of hydrogen-bond acceptors (Lipinski definition) is 5. The topological polar surface area (TPSA) is 104 Å². The van der Waals surface area contributed by atoms with Crippen molar-refractivity contribution in [1.82, 2.24) is 10.3 Å². The summed E-state index contributed by atoms with van der Waals surface area (Å²) < 4.78 is 20.0. The molecule has 1 saturated heterocycles. The number of H-pyrrole nitrogens is 1. The third-order valence-corrected chi connectivity index (χ3v) is 7.40. The van der Waals surface area contributed by atoms with Crippen LogP contribution < -0.4 is 21.1 Å². The number of benzene rings is 2. The molecule has 0 spiro atoms. The Morgan fingerprint density at radius 1 is 1.15 bits per heavy atom. The van der Waals surface area contributed by atoms with E-state index in [9.17, 15) is 18.8 Å². The van der Waals surface area contributed by atoms with E-state index in [0.29, 0.717) is 41.2 Å². The highest BCUT2D eigenvalue weighted by Crippen LogP contribution is 2.36. The number of aromatic amines is 1. The van der Waals surface area contributed by atoms with Crippen molar-refractivity contribution in [1.29, 1.82) is 0 Å². The van der Waals surface area contributed by atoms with Crippen molar-refractivity contribution >= 4 is 23.2 Å². The molecule has 0 unspecified atom stereocenters. The summed E-state index contributed by atoms with van der Waals surface area (Å²) in [5, 5.41) is 5.63. The zero-order valence-electron chi connectivity index (χ0n) is 23.3. The fourth-order valence-corrected chi connectivity index (χ4v) is 5.14. The lowest BCUT2D eigenvalue weighted by Crippen LogP contribution is -2.37. The van der Waals surface area contributed by atoms with Gasteiger partial charge in [0.25, 0.3) is 11.5 Å². The molecule has 1 aliphatic heterocycles. The molecule has 4 rings (SSSR count). The van der Waals surface area contributed by atoms with Gasteiger partial charge in [-0.1, -0.05) is 6.58 Å². The van der Waals surface area contributed by atoms with Crippen LogP contribution in [0.15, 0.2) is 53.8 Å². The van der Waals surface area contributed by atoms with E-state index in [1.807, 2.05) is 33.0 Å². The van der Waals surface area contributed by atoms with Gasteiger partial charge in [-0.2, -0.15) is 0 Å². The van der Waals surface area contributed by atoms with Crippen molar-refractivity contribution in [3.8, 4) is 11.1 Å². The van der Waals surface area contributed by atoms with Crippen molar-refractivity contribution < 1.29 is 18.7 Å². The minimum atomic E-state index is -0.480. The molecule has 2 amide bonds. The predicted molar refractivity (Wildman–Crippen MR) is 155 cm³/mol. The number of hydrogen-bond donors (Lipinski definition) is 3. The van der Waals surface area contributed by atoms with Crippen LogP contribution in [0, 0.1) is 26.6 Å². The summed E-state index contributed by atoms with van der Waals surface area (Å²) in [6.07, 6.45) is 2.80. The Balaban J connectivity index is 1.79. The number of anilines is 2. The van der Waals surface area contributed by atoms with E-state index in [0.717, 1.165) is 41.4 Å². The molecule has 1 aromatic heterocycles. The van der Waals surface area contributed by atoms with E-state index in [1.54, 1.807) is 13.0 Å². The first kappa shape index (κ1) is 28.8. The third kappa shape index (κ3) is 6.31. The monoisotopic (exact) mass is 546 g/mol. The van der Waals surface area contributed by atoms with Crippen LogP contribution in [0.25, 0.3) is 11.1 Å². The van der Waals surface area contributed by atoms with Gasteiger partial charge in [0.05, 0.1) is 0 Å². The van der Waals surface area contributed by atoms with Crippen LogP contribution in [-0.4, -0.2) is 43.1 Å². The SMILES string of the molecule is C=CC(=O)Nc1ccc(F)cc1-c1cc(C(=O)NCc2c(C)cc(C)[nH]c2=O)c(C)c(N(C)C2CCOCC2)c1. The molecule has 9 heteroatoms. The standard InChI is InChI=1S/C31H35FN4O4/c1-6-29(37)35-27-8-7-22(32)16-25(27)21-14-24(20(4)28(15-21)36(5)23-9-11-40-12-10-23)30(38)33-17-26-18(2)13-19(3)34-31(26)39/h6-8,13-16,23H,1,9-12,17H2,2-5H3,(H,33,38)(H,34,39)(H,35,37).